The largest absolute Gasteiger partial charge is 0.397 e. The molecule has 0 atom stereocenters. The zero-order valence-electron chi connectivity index (χ0n) is 9.62. The van der Waals surface area contributed by atoms with Gasteiger partial charge in [0.25, 0.3) is 0 Å². The first-order chi connectivity index (χ1) is 9.04. The topological polar surface area (TPSA) is 62.7 Å². The Balaban J connectivity index is 2.62. The molecule has 0 aliphatic carbocycles. The van der Waals surface area contributed by atoms with Crippen LogP contribution in [-0.2, 0) is 6.42 Å². The summed E-state index contributed by atoms with van der Waals surface area (Å²) in [7, 11) is 0. The minimum absolute atomic E-state index is 0.201. The summed E-state index contributed by atoms with van der Waals surface area (Å²) in [5.41, 5.74) is 8.06. The molecular weight excluding hydrogens is 305 g/mol. The summed E-state index contributed by atoms with van der Waals surface area (Å²) in [4.78, 5) is 4.33. The van der Waals surface area contributed by atoms with Crippen molar-refractivity contribution in [2.45, 2.75) is 6.42 Å². The van der Waals surface area contributed by atoms with Crippen molar-refractivity contribution < 1.29 is 0 Å². The number of rotatable bonds is 2. The third-order valence-corrected chi connectivity index (χ3v) is 3.83. The third-order valence-electron chi connectivity index (χ3n) is 2.53. The average molecular weight is 313 g/mol. The minimum Gasteiger partial charge on any atom is -0.397 e. The number of benzene rings is 1. The predicted octanol–water partition coefficient (Wildman–Crippen LogP) is 4.36. The van der Waals surface area contributed by atoms with Crippen molar-refractivity contribution in [3.63, 3.8) is 0 Å². The second-order valence-corrected chi connectivity index (χ2v) is 4.96. The van der Waals surface area contributed by atoms with Crippen LogP contribution in [-0.4, -0.2) is 4.98 Å². The molecule has 0 saturated heterocycles. The first-order valence-electron chi connectivity index (χ1n) is 5.30. The highest BCUT2D eigenvalue weighted by Gasteiger charge is 2.14. The summed E-state index contributed by atoms with van der Waals surface area (Å²) >= 11 is 18.0. The van der Waals surface area contributed by atoms with Gasteiger partial charge in [-0.15, -0.1) is 0 Å². The van der Waals surface area contributed by atoms with Gasteiger partial charge in [-0.3, -0.25) is 0 Å². The zero-order valence-corrected chi connectivity index (χ0v) is 11.9. The van der Waals surface area contributed by atoms with Gasteiger partial charge in [0.15, 0.2) is 0 Å². The number of nitrogens with two attached hydrogens (primary N) is 1. The quantitative estimate of drug-likeness (QED) is 0.838. The van der Waals surface area contributed by atoms with Gasteiger partial charge < -0.3 is 5.73 Å². The van der Waals surface area contributed by atoms with E-state index >= 15 is 0 Å². The number of hydrogen-bond donors (Lipinski definition) is 1. The molecular formula is C13H8Cl3N3. The molecule has 2 N–H and O–H groups in total. The van der Waals surface area contributed by atoms with Gasteiger partial charge >= 0.3 is 0 Å². The van der Waals surface area contributed by atoms with E-state index < -0.39 is 0 Å². The number of anilines is 1. The van der Waals surface area contributed by atoms with Crippen LogP contribution >= 0.6 is 34.8 Å². The monoisotopic (exact) mass is 311 g/mol. The van der Waals surface area contributed by atoms with Gasteiger partial charge in [0.1, 0.15) is 0 Å². The van der Waals surface area contributed by atoms with Crippen molar-refractivity contribution >= 4 is 40.5 Å². The average Bonchev–Trinajstić information content (AvgIpc) is 2.39. The maximum Gasteiger partial charge on any atom is 0.0950 e. The molecule has 1 aromatic carbocycles. The molecule has 0 radical (unpaired) electrons. The van der Waals surface area contributed by atoms with Crippen LogP contribution in [0, 0.1) is 11.3 Å². The molecule has 6 heteroatoms. The van der Waals surface area contributed by atoms with Crippen LogP contribution in [0.15, 0.2) is 24.3 Å². The van der Waals surface area contributed by atoms with Crippen LogP contribution < -0.4 is 5.73 Å². The summed E-state index contributed by atoms with van der Waals surface area (Å²) < 4.78 is 0. The fourth-order valence-electron chi connectivity index (χ4n) is 1.61. The second-order valence-electron chi connectivity index (χ2n) is 3.80. The minimum atomic E-state index is 0.201. The molecule has 1 aromatic heterocycles. The lowest BCUT2D eigenvalue weighted by molar-refractivity contribution is 1.12. The lowest BCUT2D eigenvalue weighted by Gasteiger charge is -2.10. The Morgan fingerprint density at radius 1 is 1.11 bits per heavy atom. The highest BCUT2D eigenvalue weighted by Crippen LogP contribution is 2.39. The van der Waals surface area contributed by atoms with Gasteiger partial charge in [-0.25, -0.2) is 4.98 Å². The third kappa shape index (κ3) is 2.76. The fourth-order valence-corrected chi connectivity index (χ4v) is 2.24. The number of aromatic nitrogens is 1. The molecule has 0 saturated carbocycles. The van der Waals surface area contributed by atoms with E-state index in [-0.39, 0.29) is 11.4 Å². The first kappa shape index (κ1) is 14.0. The van der Waals surface area contributed by atoms with Gasteiger partial charge in [0.2, 0.25) is 0 Å². The summed E-state index contributed by atoms with van der Waals surface area (Å²) in [6.07, 6.45) is 0.201. The van der Waals surface area contributed by atoms with Gasteiger partial charge in [-0.05, 0) is 24.3 Å². The molecule has 0 aliphatic heterocycles. The van der Waals surface area contributed by atoms with Crippen LogP contribution in [0.4, 0.5) is 5.69 Å². The van der Waals surface area contributed by atoms with E-state index in [1.807, 2.05) is 6.07 Å². The Morgan fingerprint density at radius 3 is 2.53 bits per heavy atom. The number of nitriles is 1. The van der Waals surface area contributed by atoms with E-state index in [9.17, 15) is 0 Å². The predicted molar refractivity (Wildman–Crippen MR) is 78.4 cm³/mol. The summed E-state index contributed by atoms with van der Waals surface area (Å²) in [6.45, 7) is 0. The van der Waals surface area contributed by atoms with Crippen LogP contribution in [0.3, 0.4) is 0 Å². The smallest absolute Gasteiger partial charge is 0.0950 e. The van der Waals surface area contributed by atoms with E-state index in [0.29, 0.717) is 32.7 Å². The van der Waals surface area contributed by atoms with E-state index in [4.69, 9.17) is 45.8 Å². The molecule has 2 rings (SSSR count). The zero-order chi connectivity index (χ0) is 14.0. The normalized spacial score (nSPS) is 10.2. The second kappa shape index (κ2) is 5.66. The summed E-state index contributed by atoms with van der Waals surface area (Å²) in [5, 5.41) is 9.61. The SMILES string of the molecule is N#CCc1ccc(N)c(-c2ccc(Cl)c(Cl)c2Cl)n1. The molecule has 0 spiro atoms. The molecule has 2 aromatic rings. The summed E-state index contributed by atoms with van der Waals surface area (Å²) in [5.74, 6) is 0. The van der Waals surface area contributed by atoms with Crippen molar-refractivity contribution in [3.8, 4) is 17.3 Å². The maximum atomic E-state index is 8.70. The molecule has 0 amide bonds. The number of nitrogen functional groups attached to an aromatic ring is 1. The van der Waals surface area contributed by atoms with E-state index in [0.717, 1.165) is 0 Å². The first-order valence-corrected chi connectivity index (χ1v) is 6.44. The van der Waals surface area contributed by atoms with Crippen molar-refractivity contribution in [2.24, 2.45) is 0 Å². The number of pyridine rings is 1. The van der Waals surface area contributed by atoms with Crippen molar-refractivity contribution in [1.82, 2.24) is 4.98 Å². The Labute approximate surface area is 125 Å². The molecule has 0 unspecified atom stereocenters. The van der Waals surface area contributed by atoms with Crippen molar-refractivity contribution in [3.05, 3.63) is 45.0 Å². The van der Waals surface area contributed by atoms with Crippen LogP contribution in [0.5, 0.6) is 0 Å². The molecule has 0 fully saturated rings. The fraction of sp³-hybridized carbons (Fsp3) is 0.0769. The van der Waals surface area contributed by atoms with Gasteiger partial charge in [0, 0.05) is 5.56 Å². The van der Waals surface area contributed by atoms with E-state index in [1.165, 1.54) is 0 Å². The Morgan fingerprint density at radius 2 is 1.84 bits per heavy atom. The molecule has 1 heterocycles. The van der Waals surface area contributed by atoms with E-state index in [2.05, 4.69) is 4.98 Å². The van der Waals surface area contributed by atoms with Gasteiger partial charge in [-0.2, -0.15) is 5.26 Å². The molecule has 19 heavy (non-hydrogen) atoms. The van der Waals surface area contributed by atoms with Gasteiger partial charge in [0.05, 0.1) is 44.6 Å². The number of nitrogens with zero attached hydrogens (tertiary/aromatic N) is 2. The lowest BCUT2D eigenvalue weighted by atomic mass is 10.1. The maximum absolute atomic E-state index is 8.70. The Bertz CT molecular complexity index is 678. The lowest BCUT2D eigenvalue weighted by Crippen LogP contribution is -1.98. The van der Waals surface area contributed by atoms with E-state index in [1.54, 1.807) is 24.3 Å². The standard InChI is InChI=1S/C13H8Cl3N3/c14-9-3-2-8(11(15)12(9)16)13-10(18)4-1-7(19-13)5-6-17/h1-4H,5,18H2. The van der Waals surface area contributed by atoms with Crippen LogP contribution in [0.25, 0.3) is 11.3 Å². The Kier molecular flexibility index (Phi) is 4.16. The Hall–Kier alpha value is -1.47. The molecule has 0 aliphatic rings. The van der Waals surface area contributed by atoms with Gasteiger partial charge in [-0.1, -0.05) is 34.8 Å². The molecule has 3 nitrogen and oxygen atoms in total. The number of hydrogen-bond acceptors (Lipinski definition) is 3. The van der Waals surface area contributed by atoms with Crippen molar-refractivity contribution in [2.75, 3.05) is 5.73 Å². The number of halogens is 3. The van der Waals surface area contributed by atoms with Crippen LogP contribution in [0.1, 0.15) is 5.69 Å². The molecule has 0 bridgehead atoms. The highest BCUT2D eigenvalue weighted by atomic mass is 35.5. The van der Waals surface area contributed by atoms with Crippen LogP contribution in [0.2, 0.25) is 15.1 Å². The highest BCUT2D eigenvalue weighted by molar-refractivity contribution is 6.49. The van der Waals surface area contributed by atoms with Crippen molar-refractivity contribution in [1.29, 1.82) is 5.26 Å². The summed E-state index contributed by atoms with van der Waals surface area (Å²) in [6, 6.07) is 8.75. The molecule has 96 valence electrons.